The summed E-state index contributed by atoms with van der Waals surface area (Å²) >= 11 is 1.58. The summed E-state index contributed by atoms with van der Waals surface area (Å²) in [5.41, 5.74) is 2.31. The molecule has 1 aliphatic rings. The minimum Gasteiger partial charge on any atom is -0.376 e. The molecular formula is C20H23NO2S. The highest BCUT2D eigenvalue weighted by molar-refractivity contribution is 8.00. The van der Waals surface area contributed by atoms with Gasteiger partial charge in [0.25, 0.3) is 0 Å². The van der Waals surface area contributed by atoms with Gasteiger partial charge in [-0.2, -0.15) is 0 Å². The lowest BCUT2D eigenvalue weighted by Crippen LogP contribution is -2.37. The monoisotopic (exact) mass is 341 g/mol. The number of thioether (sulfide) groups is 1. The molecule has 3 rings (SSSR count). The van der Waals surface area contributed by atoms with Crippen LogP contribution in [0.1, 0.15) is 30.0 Å². The van der Waals surface area contributed by atoms with E-state index in [1.165, 1.54) is 5.56 Å². The van der Waals surface area contributed by atoms with Crippen LogP contribution < -0.4 is 5.32 Å². The zero-order chi connectivity index (χ0) is 16.8. The minimum atomic E-state index is -0.0707. The molecule has 4 heteroatoms. The average Bonchev–Trinajstić information content (AvgIpc) is 3.14. The van der Waals surface area contributed by atoms with E-state index in [1.54, 1.807) is 11.8 Å². The Morgan fingerprint density at radius 2 is 1.96 bits per heavy atom. The van der Waals surface area contributed by atoms with Crippen molar-refractivity contribution in [3.8, 4) is 0 Å². The summed E-state index contributed by atoms with van der Waals surface area (Å²) in [6.07, 6.45) is 2.12. The Morgan fingerprint density at radius 1 is 1.21 bits per heavy atom. The van der Waals surface area contributed by atoms with Crippen LogP contribution in [-0.4, -0.2) is 24.4 Å². The summed E-state index contributed by atoms with van der Waals surface area (Å²) in [4.78, 5) is 13.6. The van der Waals surface area contributed by atoms with E-state index >= 15 is 0 Å². The van der Waals surface area contributed by atoms with E-state index in [0.29, 0.717) is 5.75 Å². The molecular weight excluding hydrogens is 318 g/mol. The van der Waals surface area contributed by atoms with Gasteiger partial charge >= 0.3 is 0 Å². The Hall–Kier alpha value is -1.78. The molecule has 3 nitrogen and oxygen atoms in total. The molecule has 24 heavy (non-hydrogen) atoms. The van der Waals surface area contributed by atoms with Crippen molar-refractivity contribution >= 4 is 17.7 Å². The van der Waals surface area contributed by atoms with Gasteiger partial charge in [-0.15, -0.1) is 11.8 Å². The lowest BCUT2D eigenvalue weighted by atomic mass is 9.99. The summed E-state index contributed by atoms with van der Waals surface area (Å²) in [6, 6.07) is 18.2. The van der Waals surface area contributed by atoms with Crippen molar-refractivity contribution in [1.82, 2.24) is 5.32 Å². The van der Waals surface area contributed by atoms with Gasteiger partial charge in [0.05, 0.1) is 17.9 Å². The third-order valence-corrected chi connectivity index (χ3v) is 5.44. The van der Waals surface area contributed by atoms with Crippen LogP contribution in [0.25, 0.3) is 0 Å². The van der Waals surface area contributed by atoms with Gasteiger partial charge in [-0.1, -0.05) is 48.5 Å². The number of carbonyl (C=O) groups excluding carboxylic acids is 1. The van der Waals surface area contributed by atoms with Crippen LogP contribution in [0.4, 0.5) is 0 Å². The first-order chi connectivity index (χ1) is 11.7. The summed E-state index contributed by atoms with van der Waals surface area (Å²) in [6.45, 7) is 2.85. The average molecular weight is 341 g/mol. The zero-order valence-corrected chi connectivity index (χ0v) is 14.7. The molecule has 1 saturated heterocycles. The smallest absolute Gasteiger partial charge is 0.230 e. The van der Waals surface area contributed by atoms with Crippen LogP contribution >= 0.6 is 11.8 Å². The molecule has 0 bridgehead atoms. The molecule has 1 fully saturated rings. The highest BCUT2D eigenvalue weighted by atomic mass is 32.2. The molecule has 0 spiro atoms. The van der Waals surface area contributed by atoms with Crippen LogP contribution in [0.5, 0.6) is 0 Å². The first kappa shape index (κ1) is 17.1. The SMILES string of the molecule is Cc1ccccc1SCC(=O)N[C@@H](c1ccccc1)[C@@H]1CCCO1. The molecule has 1 amide bonds. The highest BCUT2D eigenvalue weighted by Gasteiger charge is 2.28. The summed E-state index contributed by atoms with van der Waals surface area (Å²) in [5.74, 6) is 0.466. The lowest BCUT2D eigenvalue weighted by Gasteiger charge is -2.24. The van der Waals surface area contributed by atoms with Crippen molar-refractivity contribution in [2.45, 2.75) is 36.8 Å². The van der Waals surface area contributed by atoms with Crippen LogP contribution in [0, 0.1) is 6.92 Å². The molecule has 1 heterocycles. The third-order valence-electron chi connectivity index (χ3n) is 4.26. The maximum Gasteiger partial charge on any atom is 0.230 e. The van der Waals surface area contributed by atoms with Gasteiger partial charge in [-0.05, 0) is 37.0 Å². The fraction of sp³-hybridized carbons (Fsp3) is 0.350. The second-order valence-corrected chi connectivity index (χ2v) is 7.08. The lowest BCUT2D eigenvalue weighted by molar-refractivity contribution is -0.120. The van der Waals surface area contributed by atoms with E-state index in [1.807, 2.05) is 30.3 Å². The molecule has 1 N–H and O–H groups in total. The standard InChI is InChI=1S/C20H23NO2S/c1-15-8-5-6-12-18(15)24-14-19(22)21-20(17-11-7-13-23-17)16-9-3-2-4-10-16/h2-6,8-10,12,17,20H,7,11,13-14H2,1H3,(H,21,22)/t17-,20-/m0/s1. The maximum atomic E-state index is 12.5. The number of aryl methyl sites for hydroxylation is 1. The Labute approximate surface area is 147 Å². The predicted molar refractivity (Wildman–Crippen MR) is 98.2 cm³/mol. The Balaban J connectivity index is 1.64. The number of amides is 1. The molecule has 0 aromatic heterocycles. The van der Waals surface area contributed by atoms with Gasteiger partial charge in [-0.25, -0.2) is 0 Å². The Kier molecular flexibility index (Phi) is 5.94. The molecule has 126 valence electrons. The van der Waals surface area contributed by atoms with Crippen molar-refractivity contribution in [3.05, 3.63) is 65.7 Å². The first-order valence-electron chi connectivity index (χ1n) is 8.38. The van der Waals surface area contributed by atoms with Crippen LogP contribution in [0.15, 0.2) is 59.5 Å². The molecule has 1 aliphatic heterocycles. The maximum absolute atomic E-state index is 12.5. The van der Waals surface area contributed by atoms with Gasteiger partial charge in [0.1, 0.15) is 0 Å². The number of ether oxygens (including phenoxy) is 1. The van der Waals surface area contributed by atoms with E-state index in [0.717, 1.165) is 29.9 Å². The van der Waals surface area contributed by atoms with E-state index in [-0.39, 0.29) is 18.1 Å². The highest BCUT2D eigenvalue weighted by Crippen LogP contribution is 2.27. The van der Waals surface area contributed by atoms with Crippen LogP contribution in [-0.2, 0) is 9.53 Å². The summed E-state index contributed by atoms with van der Waals surface area (Å²) < 4.78 is 5.83. The predicted octanol–water partition coefficient (Wildman–Crippen LogP) is 4.12. The van der Waals surface area contributed by atoms with Crippen molar-refractivity contribution in [2.75, 3.05) is 12.4 Å². The number of nitrogens with one attached hydrogen (secondary N) is 1. The topological polar surface area (TPSA) is 38.3 Å². The van der Waals surface area contributed by atoms with E-state index < -0.39 is 0 Å². The quantitative estimate of drug-likeness (QED) is 0.803. The van der Waals surface area contributed by atoms with Gasteiger partial charge in [-0.3, -0.25) is 4.79 Å². The number of benzene rings is 2. The molecule has 2 atom stereocenters. The third kappa shape index (κ3) is 4.40. The molecule has 0 radical (unpaired) electrons. The first-order valence-corrected chi connectivity index (χ1v) is 9.37. The van der Waals surface area contributed by atoms with E-state index in [4.69, 9.17) is 4.74 Å². The summed E-state index contributed by atoms with van der Waals surface area (Å²) in [5, 5.41) is 3.18. The molecule has 0 unspecified atom stereocenters. The van der Waals surface area contributed by atoms with Crippen molar-refractivity contribution < 1.29 is 9.53 Å². The number of carbonyl (C=O) groups is 1. The largest absolute Gasteiger partial charge is 0.376 e. The molecule has 2 aromatic carbocycles. The summed E-state index contributed by atoms with van der Waals surface area (Å²) in [7, 11) is 0. The second-order valence-electron chi connectivity index (χ2n) is 6.06. The van der Waals surface area contributed by atoms with E-state index in [2.05, 4.69) is 36.5 Å². The van der Waals surface area contributed by atoms with E-state index in [9.17, 15) is 4.79 Å². The Morgan fingerprint density at radius 3 is 2.67 bits per heavy atom. The van der Waals surface area contributed by atoms with Crippen LogP contribution in [0.3, 0.4) is 0 Å². The minimum absolute atomic E-state index is 0.0487. The molecule has 0 saturated carbocycles. The number of hydrogen-bond donors (Lipinski definition) is 1. The Bertz CT molecular complexity index is 668. The van der Waals surface area contributed by atoms with Crippen LogP contribution in [0.2, 0.25) is 0 Å². The van der Waals surface area contributed by atoms with Crippen molar-refractivity contribution in [3.63, 3.8) is 0 Å². The van der Waals surface area contributed by atoms with Crippen molar-refractivity contribution in [2.24, 2.45) is 0 Å². The van der Waals surface area contributed by atoms with Gasteiger partial charge in [0.2, 0.25) is 5.91 Å². The van der Waals surface area contributed by atoms with Crippen molar-refractivity contribution in [1.29, 1.82) is 0 Å². The number of hydrogen-bond acceptors (Lipinski definition) is 3. The molecule has 0 aliphatic carbocycles. The number of rotatable bonds is 6. The second kappa shape index (κ2) is 8.36. The van der Waals surface area contributed by atoms with Gasteiger partial charge < -0.3 is 10.1 Å². The van der Waals surface area contributed by atoms with Gasteiger partial charge in [0, 0.05) is 11.5 Å². The fourth-order valence-corrected chi connectivity index (χ4v) is 3.83. The normalized spacial score (nSPS) is 18.3. The molecule has 2 aromatic rings. The van der Waals surface area contributed by atoms with Gasteiger partial charge in [0.15, 0.2) is 0 Å². The fourth-order valence-electron chi connectivity index (χ4n) is 2.99. The zero-order valence-electron chi connectivity index (χ0n) is 13.9.